The smallest absolute Gasteiger partial charge is 0.325 e. The Bertz CT molecular complexity index is 663. The molecule has 0 unspecified atom stereocenters. The molecule has 0 bridgehead atoms. The molecular formula is C15H19N5O2. The Labute approximate surface area is 128 Å². The molecule has 3 rings (SSSR count). The third-order valence-electron chi connectivity index (χ3n) is 3.86. The summed E-state index contributed by atoms with van der Waals surface area (Å²) in [6, 6.07) is 0. The van der Waals surface area contributed by atoms with Gasteiger partial charge in [0.1, 0.15) is 12.2 Å². The van der Waals surface area contributed by atoms with Crippen molar-refractivity contribution in [2.24, 2.45) is 5.92 Å². The maximum absolute atomic E-state index is 10.7. The van der Waals surface area contributed by atoms with Crippen molar-refractivity contribution >= 4 is 5.97 Å². The average Bonchev–Trinajstić information content (AvgIpc) is 3.03. The largest absolute Gasteiger partial charge is 0.480 e. The zero-order valence-corrected chi connectivity index (χ0v) is 12.3. The second kappa shape index (κ2) is 6.55. The molecule has 2 heterocycles. The first-order valence-corrected chi connectivity index (χ1v) is 7.50. The Morgan fingerprint density at radius 1 is 1.23 bits per heavy atom. The molecule has 1 aliphatic carbocycles. The minimum Gasteiger partial charge on any atom is -0.480 e. The highest BCUT2D eigenvalue weighted by Crippen LogP contribution is 2.21. The summed E-state index contributed by atoms with van der Waals surface area (Å²) in [5.74, 6) is -0.292. The van der Waals surface area contributed by atoms with Crippen molar-refractivity contribution in [1.82, 2.24) is 24.8 Å². The molecule has 116 valence electrons. The van der Waals surface area contributed by atoms with E-state index in [4.69, 9.17) is 5.11 Å². The van der Waals surface area contributed by atoms with Gasteiger partial charge >= 0.3 is 5.97 Å². The maximum Gasteiger partial charge on any atom is 0.325 e. The van der Waals surface area contributed by atoms with Gasteiger partial charge in [0.2, 0.25) is 0 Å². The molecule has 0 amide bonds. The summed E-state index contributed by atoms with van der Waals surface area (Å²) in [7, 11) is 0. The molecule has 22 heavy (non-hydrogen) atoms. The van der Waals surface area contributed by atoms with Gasteiger partial charge < -0.3 is 5.11 Å². The first-order chi connectivity index (χ1) is 10.7. The molecule has 0 saturated heterocycles. The van der Waals surface area contributed by atoms with Crippen LogP contribution >= 0.6 is 0 Å². The molecule has 0 aliphatic heterocycles. The van der Waals surface area contributed by atoms with Crippen LogP contribution in [0.5, 0.6) is 0 Å². The molecule has 0 fully saturated rings. The molecule has 0 atom stereocenters. The van der Waals surface area contributed by atoms with E-state index in [1.165, 1.54) is 17.5 Å². The Balaban J connectivity index is 1.65. The Morgan fingerprint density at radius 2 is 2.00 bits per heavy atom. The van der Waals surface area contributed by atoms with Crippen LogP contribution in [0.25, 0.3) is 11.3 Å². The molecule has 0 radical (unpaired) electrons. The van der Waals surface area contributed by atoms with Crippen molar-refractivity contribution in [2.45, 2.75) is 38.8 Å². The number of aliphatic carboxylic acids is 1. The van der Waals surface area contributed by atoms with E-state index in [9.17, 15) is 4.79 Å². The minimum absolute atomic E-state index is 0.150. The number of aromatic nitrogens is 5. The zero-order chi connectivity index (χ0) is 15.4. The van der Waals surface area contributed by atoms with E-state index in [0.29, 0.717) is 5.92 Å². The minimum atomic E-state index is -0.916. The first kappa shape index (κ1) is 14.5. The molecule has 0 aromatic carbocycles. The van der Waals surface area contributed by atoms with Crippen molar-refractivity contribution in [3.63, 3.8) is 0 Å². The molecular weight excluding hydrogens is 282 g/mol. The van der Waals surface area contributed by atoms with E-state index < -0.39 is 5.97 Å². The molecule has 0 saturated carbocycles. The van der Waals surface area contributed by atoms with Crippen LogP contribution in [0.4, 0.5) is 0 Å². The monoisotopic (exact) mass is 301 g/mol. The normalized spacial score (nSPS) is 15.8. The van der Waals surface area contributed by atoms with Crippen LogP contribution in [0, 0.1) is 5.92 Å². The highest BCUT2D eigenvalue weighted by Gasteiger charge is 2.13. The number of hydrogen-bond donors (Lipinski definition) is 1. The standard InChI is InChI=1S/C15H19N5O2/c21-15(22)11-19-9-13(7-16-19)14-10-20(18-17-14)8-12-5-3-1-2-4-6-12/h1-2,7,9-10,12H,3-6,8,11H2,(H,21,22). The zero-order valence-electron chi connectivity index (χ0n) is 12.3. The summed E-state index contributed by atoms with van der Waals surface area (Å²) in [6.07, 6.45) is 14.3. The average molecular weight is 301 g/mol. The predicted molar refractivity (Wildman–Crippen MR) is 80.0 cm³/mol. The Hall–Kier alpha value is -2.44. The topological polar surface area (TPSA) is 85.8 Å². The van der Waals surface area contributed by atoms with Crippen LogP contribution in [-0.2, 0) is 17.9 Å². The SMILES string of the molecule is O=C(O)Cn1cc(-c2cn(CC3CCC=CCC3)nn2)cn1. The first-order valence-electron chi connectivity index (χ1n) is 7.50. The summed E-state index contributed by atoms with van der Waals surface area (Å²) < 4.78 is 3.26. The lowest BCUT2D eigenvalue weighted by Gasteiger charge is -2.12. The van der Waals surface area contributed by atoms with Crippen LogP contribution in [0.15, 0.2) is 30.7 Å². The van der Waals surface area contributed by atoms with Crippen molar-refractivity contribution < 1.29 is 9.90 Å². The molecule has 2 aromatic heterocycles. The number of carboxylic acids is 1. The molecule has 0 spiro atoms. The highest BCUT2D eigenvalue weighted by molar-refractivity contribution is 5.66. The van der Waals surface area contributed by atoms with E-state index in [2.05, 4.69) is 27.6 Å². The summed E-state index contributed by atoms with van der Waals surface area (Å²) in [6.45, 7) is 0.723. The van der Waals surface area contributed by atoms with Gasteiger partial charge in [-0.3, -0.25) is 14.2 Å². The maximum atomic E-state index is 10.7. The lowest BCUT2D eigenvalue weighted by molar-refractivity contribution is -0.137. The number of allylic oxidation sites excluding steroid dienone is 2. The van der Waals surface area contributed by atoms with Gasteiger partial charge in [-0.2, -0.15) is 5.10 Å². The van der Waals surface area contributed by atoms with Crippen LogP contribution in [0.3, 0.4) is 0 Å². The van der Waals surface area contributed by atoms with Gasteiger partial charge in [-0.15, -0.1) is 5.10 Å². The van der Waals surface area contributed by atoms with Crippen LogP contribution in [0.1, 0.15) is 25.7 Å². The van der Waals surface area contributed by atoms with Gasteiger partial charge in [0.15, 0.2) is 0 Å². The van der Waals surface area contributed by atoms with Crippen molar-refractivity contribution in [3.8, 4) is 11.3 Å². The lowest BCUT2D eigenvalue weighted by atomic mass is 10.0. The second-order valence-corrected chi connectivity index (χ2v) is 5.64. The van der Waals surface area contributed by atoms with E-state index in [1.807, 2.05) is 10.9 Å². The molecule has 2 aromatic rings. The van der Waals surface area contributed by atoms with Gasteiger partial charge in [-0.05, 0) is 31.6 Å². The number of rotatable bonds is 5. The Morgan fingerprint density at radius 3 is 2.73 bits per heavy atom. The van der Waals surface area contributed by atoms with E-state index >= 15 is 0 Å². The summed E-state index contributed by atoms with van der Waals surface area (Å²) in [5, 5.41) is 21.1. The van der Waals surface area contributed by atoms with Crippen LogP contribution in [0.2, 0.25) is 0 Å². The van der Waals surface area contributed by atoms with Crippen LogP contribution < -0.4 is 0 Å². The number of hydrogen-bond acceptors (Lipinski definition) is 4. The summed E-state index contributed by atoms with van der Waals surface area (Å²) in [4.78, 5) is 10.7. The summed E-state index contributed by atoms with van der Waals surface area (Å²) >= 11 is 0. The third kappa shape index (κ3) is 3.60. The van der Waals surface area contributed by atoms with Crippen molar-refractivity contribution in [2.75, 3.05) is 0 Å². The van der Waals surface area contributed by atoms with E-state index in [1.54, 1.807) is 12.4 Å². The fraction of sp³-hybridized carbons (Fsp3) is 0.467. The van der Waals surface area contributed by atoms with Crippen molar-refractivity contribution in [3.05, 3.63) is 30.7 Å². The van der Waals surface area contributed by atoms with Gasteiger partial charge in [0.25, 0.3) is 0 Å². The number of carbonyl (C=O) groups is 1. The van der Waals surface area contributed by atoms with Gasteiger partial charge in [-0.25, -0.2) is 0 Å². The third-order valence-corrected chi connectivity index (χ3v) is 3.86. The van der Waals surface area contributed by atoms with Gasteiger partial charge in [0, 0.05) is 18.3 Å². The molecule has 7 heteroatoms. The fourth-order valence-corrected chi connectivity index (χ4v) is 2.73. The Kier molecular flexibility index (Phi) is 4.32. The second-order valence-electron chi connectivity index (χ2n) is 5.64. The van der Waals surface area contributed by atoms with E-state index in [-0.39, 0.29) is 6.54 Å². The fourth-order valence-electron chi connectivity index (χ4n) is 2.73. The quantitative estimate of drug-likeness (QED) is 0.853. The van der Waals surface area contributed by atoms with E-state index in [0.717, 1.165) is 30.6 Å². The molecule has 1 aliphatic rings. The number of nitrogens with zero attached hydrogens (tertiary/aromatic N) is 5. The molecule has 7 nitrogen and oxygen atoms in total. The predicted octanol–water partition coefficient (Wildman–Crippen LogP) is 1.97. The van der Waals surface area contributed by atoms with Crippen LogP contribution in [-0.4, -0.2) is 35.9 Å². The number of carboxylic acid groups (broad SMARTS) is 1. The van der Waals surface area contributed by atoms with Crippen molar-refractivity contribution in [1.29, 1.82) is 0 Å². The van der Waals surface area contributed by atoms with Gasteiger partial charge in [0.05, 0.1) is 12.4 Å². The van der Waals surface area contributed by atoms with Gasteiger partial charge in [-0.1, -0.05) is 17.4 Å². The molecule has 1 N–H and O–H groups in total. The lowest BCUT2D eigenvalue weighted by Crippen LogP contribution is -2.10. The summed E-state index contributed by atoms with van der Waals surface area (Å²) in [5.41, 5.74) is 1.51. The highest BCUT2D eigenvalue weighted by atomic mass is 16.4.